The monoisotopic (exact) mass is 300 g/mol. The Hall–Kier alpha value is -2.36. The fourth-order valence-electron chi connectivity index (χ4n) is 2.21. The summed E-state index contributed by atoms with van der Waals surface area (Å²) in [4.78, 5) is 13.4. The molecule has 1 saturated heterocycles. The van der Waals surface area contributed by atoms with E-state index in [2.05, 4.69) is 10.2 Å². The summed E-state index contributed by atoms with van der Waals surface area (Å²) in [6.07, 6.45) is 1.49. The molecule has 0 aromatic heterocycles. The van der Waals surface area contributed by atoms with Crippen molar-refractivity contribution in [1.82, 2.24) is 4.90 Å². The van der Waals surface area contributed by atoms with E-state index in [0.717, 1.165) is 50.6 Å². The second kappa shape index (κ2) is 8.17. The van der Waals surface area contributed by atoms with Crippen molar-refractivity contribution >= 4 is 17.7 Å². The highest BCUT2D eigenvalue weighted by Gasteiger charge is 2.09. The zero-order valence-corrected chi connectivity index (χ0v) is 12.4. The van der Waals surface area contributed by atoms with Crippen molar-refractivity contribution in [3.63, 3.8) is 0 Å². The topological polar surface area (TPSA) is 91.4 Å². The number of nitriles is 1. The first-order valence-electron chi connectivity index (χ1n) is 7.24. The van der Waals surface area contributed by atoms with Gasteiger partial charge in [-0.3, -0.25) is 9.69 Å². The van der Waals surface area contributed by atoms with Crippen LogP contribution in [0.1, 0.15) is 5.56 Å². The first kappa shape index (κ1) is 16.0. The molecule has 0 spiro atoms. The van der Waals surface area contributed by atoms with Gasteiger partial charge >= 0.3 is 0 Å². The van der Waals surface area contributed by atoms with Gasteiger partial charge in [-0.2, -0.15) is 5.26 Å². The van der Waals surface area contributed by atoms with Gasteiger partial charge in [0.05, 0.1) is 13.2 Å². The Morgan fingerprint density at radius 3 is 2.64 bits per heavy atom. The number of carbonyl (C=O) groups is 1. The Morgan fingerprint density at radius 2 is 2.05 bits per heavy atom. The largest absolute Gasteiger partial charge is 0.384 e. The number of ether oxygens (including phenoxy) is 1. The van der Waals surface area contributed by atoms with E-state index in [1.165, 1.54) is 6.08 Å². The third-order valence-electron chi connectivity index (χ3n) is 3.47. The average molecular weight is 300 g/mol. The summed E-state index contributed by atoms with van der Waals surface area (Å²) in [5.74, 6) is -0.713. The fourth-order valence-corrected chi connectivity index (χ4v) is 2.21. The third-order valence-corrected chi connectivity index (χ3v) is 3.47. The third kappa shape index (κ3) is 4.88. The Morgan fingerprint density at radius 1 is 1.36 bits per heavy atom. The maximum absolute atomic E-state index is 11.0. The van der Waals surface area contributed by atoms with Crippen LogP contribution in [0, 0.1) is 11.3 Å². The van der Waals surface area contributed by atoms with Crippen LogP contribution in [0.15, 0.2) is 29.8 Å². The Kier molecular flexibility index (Phi) is 5.95. The van der Waals surface area contributed by atoms with Crippen molar-refractivity contribution in [3.8, 4) is 6.07 Å². The molecule has 6 nitrogen and oxygen atoms in total. The van der Waals surface area contributed by atoms with E-state index in [-0.39, 0.29) is 5.57 Å². The summed E-state index contributed by atoms with van der Waals surface area (Å²) in [6, 6.07) is 9.32. The average Bonchev–Trinajstić information content (AvgIpc) is 2.54. The molecule has 0 saturated carbocycles. The SMILES string of the molecule is N#C/C(=C\c1ccc(NCCN2CCOCC2)cc1)C(N)=O. The van der Waals surface area contributed by atoms with Gasteiger partial charge in [0.1, 0.15) is 11.6 Å². The molecular weight excluding hydrogens is 280 g/mol. The lowest BCUT2D eigenvalue weighted by molar-refractivity contribution is -0.114. The summed E-state index contributed by atoms with van der Waals surface area (Å²) in [6.45, 7) is 5.42. The van der Waals surface area contributed by atoms with Gasteiger partial charge < -0.3 is 15.8 Å². The number of nitrogens with zero attached hydrogens (tertiary/aromatic N) is 2. The zero-order chi connectivity index (χ0) is 15.8. The van der Waals surface area contributed by atoms with Crippen LogP contribution in [-0.2, 0) is 9.53 Å². The minimum Gasteiger partial charge on any atom is -0.384 e. The van der Waals surface area contributed by atoms with Gasteiger partial charge in [0.2, 0.25) is 0 Å². The molecule has 1 aromatic carbocycles. The predicted octanol–water partition coefficient (Wildman–Crippen LogP) is 0.823. The molecule has 0 bridgehead atoms. The molecule has 1 aliphatic heterocycles. The molecule has 0 atom stereocenters. The van der Waals surface area contributed by atoms with E-state index in [0.29, 0.717) is 0 Å². The first-order valence-corrected chi connectivity index (χ1v) is 7.24. The van der Waals surface area contributed by atoms with Gasteiger partial charge in [-0.05, 0) is 23.8 Å². The van der Waals surface area contributed by atoms with Crippen molar-refractivity contribution in [2.24, 2.45) is 5.73 Å². The number of nitrogens with one attached hydrogen (secondary N) is 1. The number of anilines is 1. The van der Waals surface area contributed by atoms with Crippen LogP contribution in [0.25, 0.3) is 6.08 Å². The van der Waals surface area contributed by atoms with Gasteiger partial charge in [-0.25, -0.2) is 0 Å². The number of morpholine rings is 1. The van der Waals surface area contributed by atoms with Crippen LogP contribution in [0.3, 0.4) is 0 Å². The van der Waals surface area contributed by atoms with Crippen molar-refractivity contribution < 1.29 is 9.53 Å². The lowest BCUT2D eigenvalue weighted by Gasteiger charge is -2.26. The number of hydrogen-bond acceptors (Lipinski definition) is 5. The lowest BCUT2D eigenvalue weighted by Crippen LogP contribution is -2.38. The summed E-state index contributed by atoms with van der Waals surface area (Å²) < 4.78 is 5.31. The summed E-state index contributed by atoms with van der Waals surface area (Å²) in [5.41, 5.74) is 6.83. The number of amides is 1. The summed E-state index contributed by atoms with van der Waals surface area (Å²) in [7, 11) is 0. The van der Waals surface area contributed by atoms with Gasteiger partial charge in [-0.1, -0.05) is 12.1 Å². The fraction of sp³-hybridized carbons (Fsp3) is 0.375. The number of primary amides is 1. The molecule has 22 heavy (non-hydrogen) atoms. The quantitative estimate of drug-likeness (QED) is 0.599. The molecule has 0 radical (unpaired) electrons. The summed E-state index contributed by atoms with van der Waals surface area (Å²) in [5, 5.41) is 12.2. The van der Waals surface area contributed by atoms with Crippen LogP contribution < -0.4 is 11.1 Å². The highest BCUT2D eigenvalue weighted by Crippen LogP contribution is 2.12. The molecule has 1 fully saturated rings. The molecular formula is C16H20N4O2. The van der Waals surface area contributed by atoms with E-state index in [1.54, 1.807) is 6.07 Å². The van der Waals surface area contributed by atoms with Gasteiger partial charge in [-0.15, -0.1) is 0 Å². The van der Waals surface area contributed by atoms with E-state index in [9.17, 15) is 4.79 Å². The second-order valence-electron chi connectivity index (χ2n) is 5.04. The lowest BCUT2D eigenvalue weighted by atomic mass is 10.1. The molecule has 0 unspecified atom stereocenters. The van der Waals surface area contributed by atoms with Gasteiger partial charge in [0.15, 0.2) is 0 Å². The highest BCUT2D eigenvalue weighted by molar-refractivity contribution is 6.00. The van der Waals surface area contributed by atoms with E-state index in [4.69, 9.17) is 15.7 Å². The maximum atomic E-state index is 11.0. The number of nitrogens with two attached hydrogens (primary N) is 1. The molecule has 1 amide bonds. The van der Waals surface area contributed by atoms with Crippen LogP contribution in [0.4, 0.5) is 5.69 Å². The van der Waals surface area contributed by atoms with E-state index in [1.807, 2.05) is 24.3 Å². The van der Waals surface area contributed by atoms with Crippen LogP contribution in [0.5, 0.6) is 0 Å². The standard InChI is InChI=1S/C16H20N4O2/c17-12-14(16(18)21)11-13-1-3-15(4-2-13)19-5-6-20-7-9-22-10-8-20/h1-4,11,19H,5-10H2,(H2,18,21)/b14-11+. The summed E-state index contributed by atoms with van der Waals surface area (Å²) >= 11 is 0. The molecule has 0 aliphatic carbocycles. The highest BCUT2D eigenvalue weighted by atomic mass is 16.5. The van der Waals surface area contributed by atoms with Crippen LogP contribution in [-0.4, -0.2) is 50.2 Å². The molecule has 1 aliphatic rings. The van der Waals surface area contributed by atoms with Crippen molar-refractivity contribution in [3.05, 3.63) is 35.4 Å². The smallest absolute Gasteiger partial charge is 0.259 e. The zero-order valence-electron chi connectivity index (χ0n) is 12.4. The minimum atomic E-state index is -0.713. The van der Waals surface area contributed by atoms with Crippen molar-refractivity contribution in [2.75, 3.05) is 44.7 Å². The molecule has 6 heteroatoms. The van der Waals surface area contributed by atoms with Crippen LogP contribution in [0.2, 0.25) is 0 Å². The Labute approximate surface area is 130 Å². The molecule has 116 valence electrons. The number of benzene rings is 1. The predicted molar refractivity (Wildman–Crippen MR) is 85.0 cm³/mol. The number of carbonyl (C=O) groups excluding carboxylic acids is 1. The van der Waals surface area contributed by atoms with Gasteiger partial charge in [0, 0.05) is 31.9 Å². The van der Waals surface area contributed by atoms with Crippen molar-refractivity contribution in [2.45, 2.75) is 0 Å². The maximum Gasteiger partial charge on any atom is 0.259 e. The molecule has 3 N–H and O–H groups in total. The number of rotatable bonds is 6. The second-order valence-corrected chi connectivity index (χ2v) is 5.04. The van der Waals surface area contributed by atoms with Gasteiger partial charge in [0.25, 0.3) is 5.91 Å². The normalized spacial score (nSPS) is 16.0. The molecule has 1 heterocycles. The molecule has 1 aromatic rings. The van der Waals surface area contributed by atoms with Crippen molar-refractivity contribution in [1.29, 1.82) is 5.26 Å². The first-order chi connectivity index (χ1) is 10.7. The van der Waals surface area contributed by atoms with Crippen LogP contribution >= 0.6 is 0 Å². The Bertz CT molecular complexity index is 569. The minimum absolute atomic E-state index is 0.0481. The van der Waals surface area contributed by atoms with E-state index < -0.39 is 5.91 Å². The van der Waals surface area contributed by atoms with E-state index >= 15 is 0 Å². The number of hydrogen-bond donors (Lipinski definition) is 2. The molecule has 2 rings (SSSR count). The Balaban J connectivity index is 1.84.